The van der Waals surface area contributed by atoms with E-state index >= 15 is 0 Å². The first-order valence-corrected chi connectivity index (χ1v) is 11.5. The van der Waals surface area contributed by atoms with Gasteiger partial charge in [0.2, 0.25) is 0 Å². The molecule has 0 fully saturated rings. The van der Waals surface area contributed by atoms with Crippen molar-refractivity contribution in [1.29, 1.82) is 0 Å². The fourth-order valence-electron chi connectivity index (χ4n) is 4.65. The Balaban J connectivity index is 1.66. The lowest BCUT2D eigenvalue weighted by Gasteiger charge is -2.28. The number of halogens is 1. The molecule has 0 saturated heterocycles. The molecule has 1 aliphatic carbocycles. The average molecular weight is 469 g/mol. The van der Waals surface area contributed by atoms with Crippen molar-refractivity contribution in [2.24, 2.45) is 0 Å². The molecule has 1 N–H and O–H groups in total. The fourth-order valence-corrected chi connectivity index (χ4v) is 6.11. The third kappa shape index (κ3) is 2.50. The van der Waals surface area contributed by atoms with E-state index in [4.69, 9.17) is 0 Å². The van der Waals surface area contributed by atoms with E-state index in [1.54, 1.807) is 11.3 Å². The summed E-state index contributed by atoms with van der Waals surface area (Å²) in [5, 5.41) is 13.6. The van der Waals surface area contributed by atoms with Crippen molar-refractivity contribution in [3.63, 3.8) is 0 Å². The van der Waals surface area contributed by atoms with Gasteiger partial charge in [-0.25, -0.2) is 0 Å². The van der Waals surface area contributed by atoms with Gasteiger partial charge in [0.25, 0.3) is 0 Å². The Bertz CT molecular complexity index is 1400. The van der Waals surface area contributed by atoms with Gasteiger partial charge in [-0.1, -0.05) is 88.7 Å². The number of fused-ring (bicyclic) bond motifs is 4. The van der Waals surface area contributed by atoms with Crippen LogP contribution in [0.5, 0.6) is 0 Å². The normalized spacial score (nSPS) is 17.1. The molecule has 0 amide bonds. The van der Waals surface area contributed by atoms with Crippen LogP contribution in [0.25, 0.3) is 31.7 Å². The highest BCUT2D eigenvalue weighted by Gasteiger charge is 2.44. The number of benzene rings is 4. The summed E-state index contributed by atoms with van der Waals surface area (Å²) in [6.45, 7) is 0. The second-order valence-electron chi connectivity index (χ2n) is 7.64. The van der Waals surface area contributed by atoms with Crippen molar-refractivity contribution in [3.8, 4) is 21.6 Å². The smallest absolute Gasteiger partial charge is 0.142 e. The quantitative estimate of drug-likeness (QED) is 0.282. The van der Waals surface area contributed by atoms with Crippen molar-refractivity contribution < 1.29 is 5.11 Å². The van der Waals surface area contributed by atoms with Gasteiger partial charge in [0.05, 0.1) is 0 Å². The summed E-state index contributed by atoms with van der Waals surface area (Å²) in [7, 11) is 0. The van der Waals surface area contributed by atoms with Gasteiger partial charge in [-0.3, -0.25) is 0 Å². The molecule has 5 aromatic rings. The molecule has 6 rings (SSSR count). The lowest BCUT2D eigenvalue weighted by atomic mass is 9.81. The molecule has 3 heteroatoms. The predicted molar refractivity (Wildman–Crippen MR) is 129 cm³/mol. The van der Waals surface area contributed by atoms with Crippen molar-refractivity contribution in [1.82, 2.24) is 0 Å². The van der Waals surface area contributed by atoms with E-state index in [2.05, 4.69) is 82.7 Å². The molecule has 1 aromatic heterocycles. The summed E-state index contributed by atoms with van der Waals surface area (Å²) in [5.74, 6) is 0. The van der Waals surface area contributed by atoms with Gasteiger partial charge in [0, 0.05) is 30.7 Å². The highest BCUT2D eigenvalue weighted by Crippen LogP contribution is 2.53. The van der Waals surface area contributed by atoms with Crippen molar-refractivity contribution in [3.05, 3.63) is 118 Å². The molecule has 1 heterocycles. The molecule has 1 nitrogen and oxygen atoms in total. The lowest BCUT2D eigenvalue weighted by molar-refractivity contribution is 0.131. The van der Waals surface area contributed by atoms with E-state index in [-0.39, 0.29) is 0 Å². The molecule has 1 unspecified atom stereocenters. The molecule has 0 aliphatic heterocycles. The first-order chi connectivity index (χ1) is 14.7. The number of aliphatic hydroxyl groups is 1. The lowest BCUT2D eigenvalue weighted by Crippen LogP contribution is -2.27. The predicted octanol–water partition coefficient (Wildman–Crippen LogP) is 7.60. The minimum absolute atomic E-state index is 0.917. The van der Waals surface area contributed by atoms with Crippen LogP contribution in [0.4, 0.5) is 0 Å². The summed E-state index contributed by atoms with van der Waals surface area (Å²) in [4.78, 5) is 1.17. The summed E-state index contributed by atoms with van der Waals surface area (Å²) >= 11 is 5.38. The van der Waals surface area contributed by atoms with E-state index in [0.29, 0.717) is 0 Å². The van der Waals surface area contributed by atoms with Gasteiger partial charge in [0.1, 0.15) is 5.60 Å². The van der Waals surface area contributed by atoms with Crippen LogP contribution >= 0.6 is 27.3 Å². The van der Waals surface area contributed by atoms with Crippen LogP contribution in [0.1, 0.15) is 16.7 Å². The Hall–Kier alpha value is -2.72. The van der Waals surface area contributed by atoms with E-state index in [0.717, 1.165) is 37.9 Å². The van der Waals surface area contributed by atoms with Gasteiger partial charge in [-0.2, -0.15) is 0 Å². The van der Waals surface area contributed by atoms with E-state index in [9.17, 15) is 5.11 Å². The molecule has 0 spiro atoms. The molecule has 30 heavy (non-hydrogen) atoms. The maximum Gasteiger partial charge on any atom is 0.142 e. The molecule has 4 aromatic carbocycles. The fraction of sp³-hybridized carbons (Fsp3) is 0.0370. The van der Waals surface area contributed by atoms with E-state index < -0.39 is 5.60 Å². The Kier molecular flexibility index (Phi) is 4.00. The van der Waals surface area contributed by atoms with E-state index in [1.165, 1.54) is 15.0 Å². The third-order valence-electron chi connectivity index (χ3n) is 5.99. The van der Waals surface area contributed by atoms with Gasteiger partial charge in [-0.15, -0.1) is 11.3 Å². The number of rotatable bonds is 2. The first kappa shape index (κ1) is 18.1. The highest BCUT2D eigenvalue weighted by atomic mass is 79.9. The summed E-state index contributed by atoms with van der Waals surface area (Å²) in [5.41, 5.74) is 4.82. The molecule has 0 saturated carbocycles. The largest absolute Gasteiger partial charge is 0.376 e. The standard InChI is InChI=1S/C27H17BrOS/c28-18-13-14-20-19-8-2-4-10-22(19)27(29,24(20)16-18)23-11-5-3-9-21(23)26-15-17-7-1-6-12-25(17)30-26/h1-16,29H. The van der Waals surface area contributed by atoms with E-state index in [1.807, 2.05) is 30.3 Å². The van der Waals surface area contributed by atoms with Crippen LogP contribution in [-0.4, -0.2) is 5.11 Å². The zero-order chi connectivity index (χ0) is 20.3. The van der Waals surface area contributed by atoms with Crippen LogP contribution in [-0.2, 0) is 5.60 Å². The summed E-state index contributed by atoms with van der Waals surface area (Å²) in [6, 6.07) is 33.3. The second kappa shape index (κ2) is 6.64. The summed E-state index contributed by atoms with van der Waals surface area (Å²) in [6.07, 6.45) is 0. The average Bonchev–Trinajstić information content (AvgIpc) is 3.32. The Morgan fingerprint density at radius 1 is 0.633 bits per heavy atom. The molecule has 1 aliphatic rings. The topological polar surface area (TPSA) is 20.2 Å². The molecular weight excluding hydrogens is 452 g/mol. The van der Waals surface area contributed by atoms with Crippen molar-refractivity contribution in [2.75, 3.05) is 0 Å². The minimum atomic E-state index is -1.21. The van der Waals surface area contributed by atoms with Crippen LogP contribution in [0.2, 0.25) is 0 Å². The molecule has 1 atom stereocenters. The number of hydrogen-bond acceptors (Lipinski definition) is 2. The molecule has 0 radical (unpaired) electrons. The third-order valence-corrected chi connectivity index (χ3v) is 7.63. The van der Waals surface area contributed by atoms with Crippen LogP contribution in [0.3, 0.4) is 0 Å². The Morgan fingerprint density at radius 2 is 1.27 bits per heavy atom. The highest BCUT2D eigenvalue weighted by molar-refractivity contribution is 9.10. The van der Waals surface area contributed by atoms with Gasteiger partial charge in [-0.05, 0) is 46.3 Å². The Labute approximate surface area is 187 Å². The molecule has 0 bridgehead atoms. The maximum absolute atomic E-state index is 12.4. The Morgan fingerprint density at radius 3 is 2.07 bits per heavy atom. The van der Waals surface area contributed by atoms with Gasteiger partial charge < -0.3 is 5.11 Å². The van der Waals surface area contributed by atoms with Gasteiger partial charge in [0.15, 0.2) is 0 Å². The monoisotopic (exact) mass is 468 g/mol. The number of hydrogen-bond donors (Lipinski definition) is 1. The van der Waals surface area contributed by atoms with Crippen molar-refractivity contribution in [2.45, 2.75) is 5.60 Å². The zero-order valence-electron chi connectivity index (χ0n) is 16.0. The van der Waals surface area contributed by atoms with Crippen LogP contribution in [0, 0.1) is 0 Å². The van der Waals surface area contributed by atoms with Gasteiger partial charge >= 0.3 is 0 Å². The van der Waals surface area contributed by atoms with Crippen LogP contribution < -0.4 is 0 Å². The SMILES string of the molecule is OC1(c2ccccc2-c2cc3ccccc3s2)c2ccccc2-c2ccc(Br)cc21. The minimum Gasteiger partial charge on any atom is -0.376 e. The summed E-state index contributed by atoms with van der Waals surface area (Å²) < 4.78 is 2.22. The van der Waals surface area contributed by atoms with Crippen LogP contribution in [0.15, 0.2) is 102 Å². The molecule has 144 valence electrons. The zero-order valence-corrected chi connectivity index (χ0v) is 18.4. The first-order valence-electron chi connectivity index (χ1n) is 9.87. The molecular formula is C27H17BrOS. The number of thiophene rings is 1. The maximum atomic E-state index is 12.4. The second-order valence-corrected chi connectivity index (χ2v) is 9.64. The van der Waals surface area contributed by atoms with Crippen molar-refractivity contribution >= 4 is 37.4 Å².